The Kier molecular flexibility index (Phi) is 10.2. The summed E-state index contributed by atoms with van der Waals surface area (Å²) in [6, 6.07) is 3.97. The summed E-state index contributed by atoms with van der Waals surface area (Å²) in [5.74, 6) is -1.52. The average Bonchev–Trinajstić information content (AvgIpc) is 3.36. The van der Waals surface area contributed by atoms with Gasteiger partial charge in [-0.15, -0.1) is 0 Å². The molecule has 2 aromatic rings. The number of cyclic esters (lactones) is 1. The van der Waals surface area contributed by atoms with Gasteiger partial charge < -0.3 is 33.9 Å². The van der Waals surface area contributed by atoms with Crippen molar-refractivity contribution in [2.24, 2.45) is 0 Å². The number of hydrogen-bond acceptors (Lipinski definition) is 10. The first-order valence-corrected chi connectivity index (χ1v) is 20.9. The van der Waals surface area contributed by atoms with E-state index in [0.29, 0.717) is 45.4 Å². The Labute approximate surface area is 305 Å². The van der Waals surface area contributed by atoms with Crippen LogP contribution in [0.1, 0.15) is 92.0 Å². The second-order valence-electron chi connectivity index (χ2n) is 16.5. The first-order valence-electron chi connectivity index (χ1n) is 17.8. The number of imidazole rings is 1. The lowest BCUT2D eigenvalue weighted by Gasteiger charge is -2.38. The Hall–Kier alpha value is -4.59. The van der Waals surface area contributed by atoms with E-state index in [1.807, 2.05) is 37.5 Å². The van der Waals surface area contributed by atoms with Gasteiger partial charge in [-0.25, -0.2) is 19.4 Å². The zero-order valence-electron chi connectivity index (χ0n) is 32.2. The number of benzene rings is 1. The second kappa shape index (κ2) is 13.8. The van der Waals surface area contributed by atoms with E-state index in [1.165, 1.54) is 5.19 Å². The largest absolute Gasteiger partial charge is 0.505 e. The van der Waals surface area contributed by atoms with Crippen molar-refractivity contribution in [3.8, 4) is 0 Å². The summed E-state index contributed by atoms with van der Waals surface area (Å²) >= 11 is 0. The minimum Gasteiger partial charge on any atom is -0.505 e. The first-order chi connectivity index (χ1) is 24.1. The number of hydrogen-bond donors (Lipinski definition) is 3. The van der Waals surface area contributed by atoms with Crippen LogP contribution in [0.4, 0.5) is 15.3 Å². The van der Waals surface area contributed by atoms with Gasteiger partial charge in [-0.3, -0.25) is 10.1 Å². The van der Waals surface area contributed by atoms with E-state index >= 15 is 0 Å². The maximum absolute atomic E-state index is 13.4. The van der Waals surface area contributed by atoms with E-state index in [9.17, 15) is 24.3 Å². The first kappa shape index (κ1) is 38.6. The number of alkyl carbamates (subject to hydrolysis) is 1. The molecule has 0 radical (unpaired) electrons. The van der Waals surface area contributed by atoms with E-state index in [0.717, 1.165) is 11.1 Å². The molecule has 0 spiro atoms. The van der Waals surface area contributed by atoms with Crippen LogP contribution in [0.3, 0.4) is 0 Å². The van der Waals surface area contributed by atoms with Crippen LogP contribution in [-0.2, 0) is 41.5 Å². The van der Waals surface area contributed by atoms with Gasteiger partial charge in [0.15, 0.2) is 0 Å². The van der Waals surface area contributed by atoms with Gasteiger partial charge in [0.2, 0.25) is 5.60 Å². The van der Waals surface area contributed by atoms with Crippen LogP contribution in [0.2, 0.25) is 18.6 Å². The van der Waals surface area contributed by atoms with Crippen LogP contribution in [-0.4, -0.2) is 76.8 Å². The third-order valence-corrected chi connectivity index (χ3v) is 14.6. The number of amides is 2. The molecule has 0 fully saturated rings. The molecular formula is C38H52N4O9Si. The van der Waals surface area contributed by atoms with Crippen molar-refractivity contribution in [2.45, 2.75) is 124 Å². The Morgan fingerprint density at radius 2 is 1.73 bits per heavy atom. The highest BCUT2D eigenvalue weighted by Gasteiger charge is 2.52. The van der Waals surface area contributed by atoms with Gasteiger partial charge in [-0.05, 0) is 82.8 Å². The maximum atomic E-state index is 13.4. The fourth-order valence-electron chi connectivity index (χ4n) is 6.70. The molecule has 52 heavy (non-hydrogen) atoms. The van der Waals surface area contributed by atoms with Crippen LogP contribution in [0, 0.1) is 0 Å². The van der Waals surface area contributed by atoms with Crippen LogP contribution >= 0.6 is 0 Å². The van der Waals surface area contributed by atoms with Gasteiger partial charge >= 0.3 is 24.1 Å². The molecule has 1 unspecified atom stereocenters. The van der Waals surface area contributed by atoms with Gasteiger partial charge in [0.1, 0.15) is 34.4 Å². The van der Waals surface area contributed by atoms with E-state index < -0.39 is 49.0 Å². The molecule has 2 aliphatic heterocycles. The smallest absolute Gasteiger partial charge is 0.412 e. The summed E-state index contributed by atoms with van der Waals surface area (Å²) < 4.78 is 24.2. The van der Waals surface area contributed by atoms with Crippen molar-refractivity contribution in [1.29, 1.82) is 0 Å². The number of aliphatic hydroxyl groups is 1. The number of anilines is 1. The highest BCUT2D eigenvalue weighted by Crippen LogP contribution is 2.39. The Balaban J connectivity index is 1.51. The molecule has 13 nitrogen and oxygen atoms in total. The van der Waals surface area contributed by atoms with Gasteiger partial charge in [0.05, 0.1) is 26.7 Å². The molecule has 1 aromatic heterocycles. The standard InChI is InChI=1S/C38H52N4O9Si/c1-12-38(49-30(43)13-14-39-34(46)50-36(4,5)6)26-18-27-31(32(44)25(26)20-48-33(38)45)42-19-24-22(16-29(42)41-27)15-23(40-35(47)51-37(7,8)9)17-28(24)52(10,11)21(2)3/h15-17,21,44H,12-14,18-20H2,1-11H3,(H,39,46)(H,40,47). The van der Waals surface area contributed by atoms with Crippen LogP contribution in [0.25, 0.3) is 11.8 Å². The van der Waals surface area contributed by atoms with Crippen molar-refractivity contribution in [3.63, 3.8) is 0 Å². The van der Waals surface area contributed by atoms with Crippen LogP contribution in [0.15, 0.2) is 23.3 Å². The number of nitrogens with zero attached hydrogens (tertiary/aromatic N) is 2. The predicted octanol–water partition coefficient (Wildman–Crippen LogP) is 4.43. The summed E-state index contributed by atoms with van der Waals surface area (Å²) in [6.45, 7) is 21.6. The number of rotatable bonds is 8. The van der Waals surface area contributed by atoms with Crippen LogP contribution < -0.4 is 26.6 Å². The SMILES string of the molecule is CCC1(OC(=O)CCNC(=O)OC(C)(C)C)C(=O)OCC2=C1Cc1nc3n(c1=C2O)Cc1c(cc(NC(=O)OC(C)(C)C)cc1[Si](C)(C)C(C)C)C=3. The van der Waals surface area contributed by atoms with E-state index in [1.54, 1.807) is 27.7 Å². The molecule has 1 aliphatic carbocycles. The summed E-state index contributed by atoms with van der Waals surface area (Å²) in [4.78, 5) is 56.4. The minimum absolute atomic E-state index is 0.0619. The number of ether oxygens (including phenoxy) is 4. The van der Waals surface area contributed by atoms with Crippen LogP contribution in [0.5, 0.6) is 0 Å². The normalized spacial score (nSPS) is 18.3. The lowest BCUT2D eigenvalue weighted by atomic mass is 9.79. The summed E-state index contributed by atoms with van der Waals surface area (Å²) in [5.41, 5.74) is 1.84. The van der Waals surface area contributed by atoms with Crippen molar-refractivity contribution >= 4 is 54.9 Å². The minimum atomic E-state index is -2.08. The van der Waals surface area contributed by atoms with Gasteiger partial charge in [0, 0.05) is 29.8 Å². The highest BCUT2D eigenvalue weighted by molar-refractivity contribution is 6.91. The van der Waals surface area contributed by atoms with Gasteiger partial charge in [-0.2, -0.15) is 0 Å². The molecule has 3 aliphatic rings. The Morgan fingerprint density at radius 1 is 1.08 bits per heavy atom. The number of aromatic nitrogens is 2. The Bertz CT molecular complexity index is 1980. The highest BCUT2D eigenvalue weighted by atomic mass is 28.3. The third kappa shape index (κ3) is 7.62. The van der Waals surface area contributed by atoms with Crippen molar-refractivity contribution < 1.29 is 43.2 Å². The van der Waals surface area contributed by atoms with Gasteiger partial charge in [-0.1, -0.05) is 39.1 Å². The van der Waals surface area contributed by atoms with E-state index in [4.69, 9.17) is 23.9 Å². The number of fused-ring (bicyclic) bond motifs is 4. The Morgan fingerprint density at radius 3 is 2.35 bits per heavy atom. The number of aliphatic hydroxyl groups excluding tert-OH is 1. The number of esters is 2. The number of nitrogens with one attached hydrogen (secondary N) is 2. The van der Waals surface area contributed by atoms with E-state index in [-0.39, 0.29) is 38.2 Å². The lowest BCUT2D eigenvalue weighted by Crippen LogP contribution is -2.52. The average molecular weight is 737 g/mol. The molecule has 3 N–H and O–H groups in total. The van der Waals surface area contributed by atoms with Crippen molar-refractivity contribution in [2.75, 3.05) is 18.5 Å². The zero-order chi connectivity index (χ0) is 38.6. The van der Waals surface area contributed by atoms with Crippen molar-refractivity contribution in [1.82, 2.24) is 14.9 Å². The third-order valence-electron chi connectivity index (χ3n) is 9.90. The quantitative estimate of drug-likeness (QED) is 0.171. The number of carbonyl (C=O) groups excluding carboxylic acids is 4. The second-order valence-corrected chi connectivity index (χ2v) is 21.6. The molecule has 3 heterocycles. The van der Waals surface area contributed by atoms with Crippen molar-refractivity contribution in [3.05, 3.63) is 50.9 Å². The molecule has 0 bridgehead atoms. The molecule has 282 valence electrons. The molecule has 0 saturated carbocycles. The molecule has 5 rings (SSSR count). The van der Waals surface area contributed by atoms with Gasteiger partial charge in [0.25, 0.3) is 0 Å². The monoisotopic (exact) mass is 736 g/mol. The summed E-state index contributed by atoms with van der Waals surface area (Å²) in [5, 5.41) is 19.0. The summed E-state index contributed by atoms with van der Waals surface area (Å²) in [6.07, 6.45) is 0.734. The number of carbonyl (C=O) groups is 4. The summed E-state index contributed by atoms with van der Waals surface area (Å²) in [7, 11) is -2.08. The fourth-order valence-corrected chi connectivity index (χ4v) is 8.85. The topological polar surface area (TPSA) is 167 Å². The lowest BCUT2D eigenvalue weighted by molar-refractivity contribution is -0.180. The molecular weight excluding hydrogens is 685 g/mol. The molecule has 1 atom stereocenters. The maximum Gasteiger partial charge on any atom is 0.412 e. The zero-order valence-corrected chi connectivity index (χ0v) is 33.2. The fraction of sp³-hybridized carbons (Fsp3) is 0.553. The predicted molar refractivity (Wildman–Crippen MR) is 198 cm³/mol. The van der Waals surface area contributed by atoms with E-state index in [2.05, 4.69) is 43.6 Å². The molecule has 0 saturated heterocycles. The molecule has 2 amide bonds. The molecule has 14 heteroatoms. The molecule has 1 aromatic carbocycles.